The first-order valence-corrected chi connectivity index (χ1v) is 8.12. The van der Waals surface area contributed by atoms with Gasteiger partial charge in [-0.1, -0.05) is 26.8 Å². The van der Waals surface area contributed by atoms with Crippen LogP contribution in [0, 0.1) is 0 Å². The minimum atomic E-state index is -0.338. The van der Waals surface area contributed by atoms with Gasteiger partial charge in [-0.15, -0.1) is 0 Å². The van der Waals surface area contributed by atoms with E-state index in [4.69, 9.17) is 0 Å². The van der Waals surface area contributed by atoms with Crippen molar-refractivity contribution in [3.05, 3.63) is 29.3 Å². The molecule has 120 valence electrons. The van der Waals surface area contributed by atoms with Crippen LogP contribution in [-0.2, 0) is 4.79 Å². The number of piperidine rings is 1. The van der Waals surface area contributed by atoms with Crippen molar-refractivity contribution < 1.29 is 14.7 Å². The van der Waals surface area contributed by atoms with Crippen LogP contribution in [0.15, 0.2) is 18.2 Å². The average Bonchev–Trinajstić information content (AvgIpc) is 2.53. The normalized spacial score (nSPS) is 18.5. The molecule has 1 aromatic carbocycles. The van der Waals surface area contributed by atoms with E-state index < -0.39 is 0 Å². The summed E-state index contributed by atoms with van der Waals surface area (Å²) in [4.78, 5) is 26.5. The molecule has 0 spiro atoms. The molecule has 1 aromatic rings. The molecular weight excluding hydrogens is 278 g/mol. The number of nitrogens with zero attached hydrogens (tertiary/aromatic N) is 1. The number of Topliss-reactive ketones (excluding diaryl/α,β-unsaturated/α-hetero) is 1. The highest BCUT2D eigenvalue weighted by Crippen LogP contribution is 2.27. The van der Waals surface area contributed by atoms with Gasteiger partial charge in [-0.05, 0) is 42.9 Å². The van der Waals surface area contributed by atoms with Gasteiger partial charge in [-0.3, -0.25) is 9.59 Å². The zero-order valence-corrected chi connectivity index (χ0v) is 13.6. The highest BCUT2D eigenvalue weighted by atomic mass is 16.3. The standard InChI is InChI=1S/C18H25NO3/c1-4-16(20)15-7-5-6-10-19(15)18(22)14-9-8-13(12(2)3)11-17(14)21/h8-9,11-12,15,21H,4-7,10H2,1-3H3. The third-order valence-corrected chi connectivity index (χ3v) is 4.40. The van der Waals surface area contributed by atoms with Gasteiger partial charge in [0, 0.05) is 13.0 Å². The van der Waals surface area contributed by atoms with Crippen molar-refractivity contribution in [1.29, 1.82) is 0 Å². The summed E-state index contributed by atoms with van der Waals surface area (Å²) in [5, 5.41) is 10.2. The van der Waals surface area contributed by atoms with E-state index >= 15 is 0 Å². The Morgan fingerprint density at radius 2 is 2.05 bits per heavy atom. The highest BCUT2D eigenvalue weighted by molar-refractivity contribution is 6.00. The summed E-state index contributed by atoms with van der Waals surface area (Å²) < 4.78 is 0. The fourth-order valence-corrected chi connectivity index (χ4v) is 2.99. The predicted octanol–water partition coefficient (Wildman–Crippen LogP) is 3.49. The highest BCUT2D eigenvalue weighted by Gasteiger charge is 2.32. The SMILES string of the molecule is CCC(=O)C1CCCCN1C(=O)c1ccc(C(C)C)cc1O. The molecular formula is C18H25NO3. The Morgan fingerprint density at radius 3 is 2.64 bits per heavy atom. The Balaban J connectivity index is 2.27. The van der Waals surface area contributed by atoms with Gasteiger partial charge < -0.3 is 10.0 Å². The van der Waals surface area contributed by atoms with Gasteiger partial charge in [0.05, 0.1) is 11.6 Å². The van der Waals surface area contributed by atoms with E-state index in [9.17, 15) is 14.7 Å². The first-order valence-electron chi connectivity index (χ1n) is 8.12. The Bertz CT molecular complexity index is 565. The van der Waals surface area contributed by atoms with Crippen molar-refractivity contribution in [3.63, 3.8) is 0 Å². The molecule has 1 atom stereocenters. The maximum atomic E-state index is 12.7. The number of benzene rings is 1. The summed E-state index contributed by atoms with van der Waals surface area (Å²) in [6.45, 7) is 6.49. The maximum Gasteiger partial charge on any atom is 0.258 e. The summed E-state index contributed by atoms with van der Waals surface area (Å²) in [5.74, 6) is 0.162. The Labute approximate surface area is 132 Å². The second kappa shape index (κ2) is 6.95. The number of hydrogen-bond acceptors (Lipinski definition) is 3. The minimum Gasteiger partial charge on any atom is -0.507 e. The number of hydrogen-bond donors (Lipinski definition) is 1. The molecule has 1 N–H and O–H groups in total. The number of rotatable bonds is 4. The summed E-state index contributed by atoms with van der Waals surface area (Å²) in [5.41, 5.74) is 1.29. The van der Waals surface area contributed by atoms with Crippen molar-refractivity contribution in [2.45, 2.75) is 58.4 Å². The molecule has 0 bridgehead atoms. The smallest absolute Gasteiger partial charge is 0.258 e. The number of carbonyl (C=O) groups excluding carboxylic acids is 2. The fourth-order valence-electron chi connectivity index (χ4n) is 2.99. The van der Waals surface area contributed by atoms with Gasteiger partial charge >= 0.3 is 0 Å². The van der Waals surface area contributed by atoms with Crippen LogP contribution in [0.3, 0.4) is 0 Å². The Hall–Kier alpha value is -1.84. The third-order valence-electron chi connectivity index (χ3n) is 4.40. The van der Waals surface area contributed by atoms with Crippen LogP contribution in [0.4, 0.5) is 0 Å². The molecule has 1 unspecified atom stereocenters. The summed E-state index contributed by atoms with van der Waals surface area (Å²) >= 11 is 0. The van der Waals surface area contributed by atoms with Gasteiger partial charge in [0.2, 0.25) is 0 Å². The molecule has 1 aliphatic heterocycles. The van der Waals surface area contributed by atoms with E-state index in [0.29, 0.717) is 24.4 Å². The molecule has 1 aliphatic rings. The third kappa shape index (κ3) is 3.32. The molecule has 4 heteroatoms. The number of phenolic OH excluding ortho intramolecular Hbond substituents is 1. The Morgan fingerprint density at radius 1 is 1.32 bits per heavy atom. The van der Waals surface area contributed by atoms with Crippen LogP contribution >= 0.6 is 0 Å². The van der Waals surface area contributed by atoms with Crippen molar-refractivity contribution in [2.24, 2.45) is 0 Å². The van der Waals surface area contributed by atoms with Crippen molar-refractivity contribution in [2.75, 3.05) is 6.54 Å². The predicted molar refractivity (Wildman–Crippen MR) is 86.2 cm³/mol. The Kier molecular flexibility index (Phi) is 5.22. The molecule has 4 nitrogen and oxygen atoms in total. The lowest BCUT2D eigenvalue weighted by molar-refractivity contribution is -0.124. The largest absolute Gasteiger partial charge is 0.507 e. The second-order valence-electron chi connectivity index (χ2n) is 6.26. The van der Waals surface area contributed by atoms with Crippen LogP contribution in [-0.4, -0.2) is 34.3 Å². The number of ketones is 1. The van der Waals surface area contributed by atoms with E-state index in [0.717, 1.165) is 24.8 Å². The number of aromatic hydroxyl groups is 1. The summed E-state index contributed by atoms with van der Waals surface area (Å²) in [6, 6.07) is 4.86. The fraction of sp³-hybridized carbons (Fsp3) is 0.556. The lowest BCUT2D eigenvalue weighted by Crippen LogP contribution is -2.47. The van der Waals surface area contributed by atoms with Gasteiger partial charge in [0.25, 0.3) is 5.91 Å². The second-order valence-corrected chi connectivity index (χ2v) is 6.26. The van der Waals surface area contributed by atoms with E-state index in [-0.39, 0.29) is 23.5 Å². The topological polar surface area (TPSA) is 57.6 Å². The monoisotopic (exact) mass is 303 g/mol. The van der Waals surface area contributed by atoms with Crippen LogP contribution in [0.2, 0.25) is 0 Å². The van der Waals surface area contributed by atoms with E-state index in [1.165, 1.54) is 0 Å². The lowest BCUT2D eigenvalue weighted by atomic mass is 9.95. The first-order chi connectivity index (χ1) is 10.5. The zero-order chi connectivity index (χ0) is 16.3. The van der Waals surface area contributed by atoms with Gasteiger partial charge in [-0.25, -0.2) is 0 Å². The summed E-state index contributed by atoms with van der Waals surface area (Å²) in [7, 11) is 0. The number of carbonyl (C=O) groups is 2. The number of likely N-dealkylation sites (tertiary alicyclic amines) is 1. The molecule has 1 amide bonds. The van der Waals surface area contributed by atoms with Gasteiger partial charge in [0.15, 0.2) is 5.78 Å². The zero-order valence-electron chi connectivity index (χ0n) is 13.6. The lowest BCUT2D eigenvalue weighted by Gasteiger charge is -2.34. The van der Waals surface area contributed by atoms with E-state index in [2.05, 4.69) is 0 Å². The minimum absolute atomic E-state index is 0.00414. The van der Waals surface area contributed by atoms with Gasteiger partial charge in [-0.2, -0.15) is 0 Å². The van der Waals surface area contributed by atoms with Gasteiger partial charge in [0.1, 0.15) is 5.75 Å². The van der Waals surface area contributed by atoms with E-state index in [1.807, 2.05) is 26.8 Å². The van der Waals surface area contributed by atoms with Crippen molar-refractivity contribution >= 4 is 11.7 Å². The maximum absolute atomic E-state index is 12.7. The van der Waals surface area contributed by atoms with Crippen LogP contribution in [0.1, 0.15) is 68.3 Å². The quantitative estimate of drug-likeness (QED) is 0.926. The molecule has 1 fully saturated rings. The molecule has 2 rings (SSSR count). The summed E-state index contributed by atoms with van der Waals surface area (Å²) in [6.07, 6.45) is 3.04. The molecule has 0 saturated carbocycles. The van der Waals surface area contributed by atoms with Crippen molar-refractivity contribution in [3.8, 4) is 5.75 Å². The molecule has 0 aromatic heterocycles. The van der Waals surface area contributed by atoms with E-state index in [1.54, 1.807) is 17.0 Å². The molecule has 0 radical (unpaired) electrons. The molecule has 0 aliphatic carbocycles. The van der Waals surface area contributed by atoms with Crippen molar-refractivity contribution in [1.82, 2.24) is 4.90 Å². The molecule has 1 saturated heterocycles. The number of phenols is 1. The van der Waals surface area contributed by atoms with Crippen LogP contribution in [0.25, 0.3) is 0 Å². The first kappa shape index (κ1) is 16.5. The molecule has 22 heavy (non-hydrogen) atoms. The van der Waals surface area contributed by atoms with Crippen LogP contribution < -0.4 is 0 Å². The average molecular weight is 303 g/mol. The molecule has 1 heterocycles. The number of amides is 1. The van der Waals surface area contributed by atoms with Crippen LogP contribution in [0.5, 0.6) is 5.75 Å².